The van der Waals surface area contributed by atoms with Crippen LogP contribution >= 0.6 is 0 Å². The number of rotatable bonds is 47. The Labute approximate surface area is 390 Å². The predicted octanol–water partition coefficient (Wildman–Crippen LogP) is 16.2. The Bertz CT molecular complexity index is 1170. The van der Waals surface area contributed by atoms with Gasteiger partial charge in [-0.3, -0.25) is 9.59 Å². The quantitative estimate of drug-likeness (QED) is 0.0321. The van der Waals surface area contributed by atoms with Gasteiger partial charge in [0.15, 0.2) is 0 Å². The van der Waals surface area contributed by atoms with Crippen molar-refractivity contribution in [2.75, 3.05) is 6.61 Å². The van der Waals surface area contributed by atoms with E-state index in [1.807, 2.05) is 6.08 Å². The first-order valence-electron chi connectivity index (χ1n) is 26.7. The number of allylic oxidation sites excluding steroid dienone is 11. The Balaban J connectivity index is 4.67. The fraction of sp³-hybridized carbons (Fsp3) is 0.754. The number of aliphatic hydroxyl groups excluding tert-OH is 2. The Morgan fingerprint density at radius 2 is 0.841 bits per heavy atom. The van der Waals surface area contributed by atoms with Crippen molar-refractivity contribution in [3.8, 4) is 0 Å². The summed E-state index contributed by atoms with van der Waals surface area (Å²) >= 11 is 0. The molecule has 0 aliphatic heterocycles. The molecule has 0 rings (SSSR count). The number of ether oxygens (including phenoxy) is 1. The van der Waals surface area contributed by atoms with Crippen LogP contribution < -0.4 is 5.32 Å². The van der Waals surface area contributed by atoms with E-state index in [2.05, 4.69) is 92.9 Å². The average Bonchev–Trinajstić information content (AvgIpc) is 3.28. The van der Waals surface area contributed by atoms with E-state index >= 15 is 0 Å². The van der Waals surface area contributed by atoms with Crippen molar-refractivity contribution in [3.05, 3.63) is 72.9 Å². The van der Waals surface area contributed by atoms with E-state index < -0.39 is 18.2 Å². The third-order valence-corrected chi connectivity index (χ3v) is 11.8. The minimum Gasteiger partial charge on any atom is -0.461 e. The van der Waals surface area contributed by atoms with E-state index in [9.17, 15) is 19.8 Å². The molecule has 0 spiro atoms. The van der Waals surface area contributed by atoms with Crippen LogP contribution in [-0.2, 0) is 14.3 Å². The van der Waals surface area contributed by atoms with Crippen LogP contribution in [0.4, 0.5) is 0 Å². The lowest BCUT2D eigenvalue weighted by atomic mass is 10.0. The Morgan fingerprint density at radius 3 is 1.30 bits per heavy atom. The van der Waals surface area contributed by atoms with E-state index in [-0.39, 0.29) is 24.9 Å². The van der Waals surface area contributed by atoms with Crippen LogP contribution in [0.2, 0.25) is 0 Å². The van der Waals surface area contributed by atoms with Crippen LogP contribution in [0.25, 0.3) is 0 Å². The summed E-state index contributed by atoms with van der Waals surface area (Å²) in [4.78, 5) is 26.1. The fourth-order valence-electron chi connectivity index (χ4n) is 7.67. The normalized spacial score (nSPS) is 13.8. The Kier molecular flexibility index (Phi) is 48.1. The fourth-order valence-corrected chi connectivity index (χ4v) is 7.67. The van der Waals surface area contributed by atoms with Crippen molar-refractivity contribution < 1.29 is 24.5 Å². The van der Waals surface area contributed by atoms with Gasteiger partial charge in [-0.2, -0.15) is 0 Å². The molecule has 0 aromatic rings. The number of hydrogen-bond donors (Lipinski definition) is 3. The molecule has 0 radical (unpaired) electrons. The van der Waals surface area contributed by atoms with Crippen LogP contribution in [0.15, 0.2) is 72.9 Å². The molecule has 0 bridgehead atoms. The zero-order valence-corrected chi connectivity index (χ0v) is 41.4. The highest BCUT2D eigenvalue weighted by molar-refractivity contribution is 5.77. The zero-order chi connectivity index (χ0) is 45.9. The molecule has 0 saturated carbocycles. The minimum absolute atomic E-state index is 0.00192. The second-order valence-electron chi connectivity index (χ2n) is 17.9. The molecule has 3 unspecified atom stereocenters. The summed E-state index contributed by atoms with van der Waals surface area (Å²) in [5.74, 6) is -0.581. The summed E-state index contributed by atoms with van der Waals surface area (Å²) in [6, 6.07) is -0.733. The minimum atomic E-state index is -0.813. The SMILES string of the molecule is CCCCC/C=C\C/C=C\C/C=C\C/C=C\CC(CC(=O)NC(CO)C(O)CCCCCCCCCCCC)OC(=O)CCCCCCCCCCC/C=C\C/C=C\CCCCC. The lowest BCUT2D eigenvalue weighted by molar-refractivity contribution is -0.150. The number of amides is 1. The summed E-state index contributed by atoms with van der Waals surface area (Å²) in [6.45, 7) is 6.39. The Morgan fingerprint density at radius 1 is 0.476 bits per heavy atom. The van der Waals surface area contributed by atoms with E-state index in [1.165, 1.54) is 141 Å². The van der Waals surface area contributed by atoms with Gasteiger partial charge in [0, 0.05) is 12.8 Å². The topological polar surface area (TPSA) is 95.9 Å². The molecule has 0 aliphatic carbocycles. The summed E-state index contributed by atoms with van der Waals surface area (Å²) in [5, 5.41) is 23.7. The molecule has 0 saturated heterocycles. The number of unbranched alkanes of at least 4 members (excludes halogenated alkanes) is 24. The van der Waals surface area contributed by atoms with Crippen LogP contribution in [0.1, 0.15) is 252 Å². The highest BCUT2D eigenvalue weighted by Crippen LogP contribution is 2.16. The first-order chi connectivity index (χ1) is 31.0. The van der Waals surface area contributed by atoms with Gasteiger partial charge in [-0.15, -0.1) is 0 Å². The van der Waals surface area contributed by atoms with Gasteiger partial charge in [0.2, 0.25) is 5.91 Å². The highest BCUT2D eigenvalue weighted by Gasteiger charge is 2.23. The monoisotopic (exact) mass is 880 g/mol. The highest BCUT2D eigenvalue weighted by atomic mass is 16.5. The zero-order valence-electron chi connectivity index (χ0n) is 41.4. The largest absolute Gasteiger partial charge is 0.461 e. The van der Waals surface area contributed by atoms with Gasteiger partial charge in [0.1, 0.15) is 6.10 Å². The number of hydrogen-bond acceptors (Lipinski definition) is 5. The Hall–Kier alpha value is -2.70. The van der Waals surface area contributed by atoms with Gasteiger partial charge in [0.05, 0.1) is 25.2 Å². The molecule has 63 heavy (non-hydrogen) atoms. The smallest absolute Gasteiger partial charge is 0.306 e. The first-order valence-corrected chi connectivity index (χ1v) is 26.7. The van der Waals surface area contributed by atoms with Crippen LogP contribution in [0.3, 0.4) is 0 Å². The molecule has 3 atom stereocenters. The summed E-state index contributed by atoms with van der Waals surface area (Å²) < 4.78 is 5.88. The molecule has 0 aromatic heterocycles. The van der Waals surface area contributed by atoms with E-state index in [0.717, 1.165) is 64.2 Å². The van der Waals surface area contributed by atoms with E-state index in [1.54, 1.807) is 0 Å². The molecule has 364 valence electrons. The van der Waals surface area contributed by atoms with Crippen molar-refractivity contribution in [2.24, 2.45) is 0 Å². The summed E-state index contributed by atoms with van der Waals surface area (Å²) in [6.07, 6.45) is 64.1. The molecule has 3 N–H and O–H groups in total. The van der Waals surface area contributed by atoms with Gasteiger partial charge in [-0.1, -0.05) is 229 Å². The lowest BCUT2D eigenvalue weighted by Crippen LogP contribution is -2.46. The summed E-state index contributed by atoms with van der Waals surface area (Å²) in [5.41, 5.74) is 0. The van der Waals surface area contributed by atoms with Crippen LogP contribution in [0.5, 0.6) is 0 Å². The molecule has 0 aliphatic rings. The molecule has 1 amide bonds. The maximum atomic E-state index is 13.2. The lowest BCUT2D eigenvalue weighted by Gasteiger charge is -2.24. The van der Waals surface area contributed by atoms with Crippen molar-refractivity contribution in [3.63, 3.8) is 0 Å². The van der Waals surface area contributed by atoms with Gasteiger partial charge >= 0.3 is 5.97 Å². The third-order valence-electron chi connectivity index (χ3n) is 11.8. The number of esters is 1. The molecule has 0 heterocycles. The van der Waals surface area contributed by atoms with Crippen LogP contribution in [-0.4, -0.2) is 46.9 Å². The number of carbonyl (C=O) groups excluding carboxylic acids is 2. The molecule has 6 heteroatoms. The molecule has 0 fully saturated rings. The van der Waals surface area contributed by atoms with Gasteiger partial charge < -0.3 is 20.3 Å². The van der Waals surface area contributed by atoms with Crippen molar-refractivity contribution in [1.82, 2.24) is 5.32 Å². The van der Waals surface area contributed by atoms with E-state index in [4.69, 9.17) is 4.74 Å². The van der Waals surface area contributed by atoms with E-state index in [0.29, 0.717) is 19.3 Å². The van der Waals surface area contributed by atoms with Gasteiger partial charge in [-0.25, -0.2) is 0 Å². The third kappa shape index (κ3) is 45.7. The maximum Gasteiger partial charge on any atom is 0.306 e. The number of aliphatic hydroxyl groups is 2. The second kappa shape index (κ2) is 50.3. The molecular weight excluding hydrogens is 779 g/mol. The van der Waals surface area contributed by atoms with Crippen molar-refractivity contribution >= 4 is 11.9 Å². The maximum absolute atomic E-state index is 13.2. The average molecular weight is 880 g/mol. The predicted molar refractivity (Wildman–Crippen MR) is 273 cm³/mol. The van der Waals surface area contributed by atoms with Crippen molar-refractivity contribution in [1.29, 1.82) is 0 Å². The number of carbonyl (C=O) groups is 2. The standard InChI is InChI=1S/C57H101NO5/c1-4-7-10-13-16-19-22-24-26-27-28-29-31-33-35-38-41-44-47-50-57(62)63-53(48-45-42-39-36-34-32-30-25-23-20-17-14-11-8-5-2)51-56(61)58-54(52-59)55(60)49-46-43-40-37-21-18-15-12-9-6-3/h16-17,19-20,24-26,30,34,36,42,45,53-55,59-60H,4-15,18,21-23,27-29,31-33,35,37-41,43-44,46-52H2,1-3H3,(H,58,61)/b19-16-,20-17-,26-24-,30-25-,36-34-,45-42-. The molecule has 0 aromatic carbocycles. The molecule has 6 nitrogen and oxygen atoms in total. The second-order valence-corrected chi connectivity index (χ2v) is 17.9. The van der Waals surface area contributed by atoms with Crippen molar-refractivity contribution in [2.45, 2.75) is 270 Å². The molecular formula is C57H101NO5. The first kappa shape index (κ1) is 60.3. The van der Waals surface area contributed by atoms with Gasteiger partial charge in [-0.05, 0) is 77.0 Å². The van der Waals surface area contributed by atoms with Gasteiger partial charge in [0.25, 0.3) is 0 Å². The summed E-state index contributed by atoms with van der Waals surface area (Å²) in [7, 11) is 0. The number of nitrogens with one attached hydrogen (secondary N) is 1. The van der Waals surface area contributed by atoms with Crippen LogP contribution in [0, 0.1) is 0 Å².